The molecular formula is C20H18BrFO5. The number of hydrogen-bond donors (Lipinski definition) is 0. The van der Waals surface area contributed by atoms with Crippen LogP contribution in [0.5, 0.6) is 11.5 Å². The van der Waals surface area contributed by atoms with Crippen molar-refractivity contribution in [3.8, 4) is 11.5 Å². The Morgan fingerprint density at radius 1 is 1.15 bits per heavy atom. The predicted molar refractivity (Wildman–Crippen MR) is 102 cm³/mol. The highest BCUT2D eigenvalue weighted by atomic mass is 79.9. The largest absolute Gasteiger partial charge is 0.489 e. The molecule has 3 aromatic rings. The number of ether oxygens (including phenoxy) is 3. The minimum atomic E-state index is -0.440. The maximum Gasteiger partial charge on any atom is 0.342 e. The SMILES string of the molecule is CCOC(=O)c1c(C)oc2cc(Br)c(OCCOc3ccccc3F)cc12. The summed E-state index contributed by atoms with van der Waals surface area (Å²) in [6.07, 6.45) is 0. The fourth-order valence-corrected chi connectivity index (χ4v) is 3.09. The van der Waals surface area contributed by atoms with Crippen molar-refractivity contribution in [2.24, 2.45) is 0 Å². The van der Waals surface area contributed by atoms with E-state index in [2.05, 4.69) is 15.9 Å². The van der Waals surface area contributed by atoms with Crippen LogP contribution in [0.25, 0.3) is 11.0 Å². The molecule has 0 atom stereocenters. The van der Waals surface area contributed by atoms with Crippen LogP contribution in [-0.2, 0) is 4.74 Å². The first-order chi connectivity index (χ1) is 13.0. The van der Waals surface area contributed by atoms with Crippen molar-refractivity contribution in [3.05, 3.63) is 58.0 Å². The average molecular weight is 437 g/mol. The first kappa shape index (κ1) is 19.2. The third-order valence-electron chi connectivity index (χ3n) is 3.83. The molecule has 0 fully saturated rings. The second kappa shape index (κ2) is 8.43. The van der Waals surface area contributed by atoms with Crippen molar-refractivity contribution < 1.29 is 27.8 Å². The topological polar surface area (TPSA) is 57.9 Å². The van der Waals surface area contributed by atoms with Gasteiger partial charge in [-0.3, -0.25) is 0 Å². The number of furan rings is 1. The van der Waals surface area contributed by atoms with Crippen molar-refractivity contribution >= 4 is 32.9 Å². The zero-order chi connectivity index (χ0) is 19.4. The number of para-hydroxylation sites is 1. The number of carbonyl (C=O) groups is 1. The van der Waals surface area contributed by atoms with Crippen molar-refractivity contribution in [1.82, 2.24) is 0 Å². The third kappa shape index (κ3) is 4.24. The number of esters is 1. The fourth-order valence-electron chi connectivity index (χ4n) is 2.65. The van der Waals surface area contributed by atoms with Crippen LogP contribution in [0.4, 0.5) is 4.39 Å². The van der Waals surface area contributed by atoms with E-state index in [1.807, 2.05) is 0 Å². The van der Waals surface area contributed by atoms with Gasteiger partial charge in [0.1, 0.15) is 35.9 Å². The molecule has 7 heteroatoms. The zero-order valence-electron chi connectivity index (χ0n) is 14.9. The first-order valence-corrected chi connectivity index (χ1v) is 9.20. The molecule has 1 heterocycles. The van der Waals surface area contributed by atoms with E-state index in [1.54, 1.807) is 44.2 Å². The van der Waals surface area contributed by atoms with Gasteiger partial charge in [-0.1, -0.05) is 12.1 Å². The molecule has 2 aromatic carbocycles. The van der Waals surface area contributed by atoms with E-state index in [1.165, 1.54) is 6.07 Å². The molecule has 0 N–H and O–H groups in total. The van der Waals surface area contributed by atoms with Gasteiger partial charge in [0.05, 0.1) is 11.1 Å². The van der Waals surface area contributed by atoms with Crippen LogP contribution < -0.4 is 9.47 Å². The van der Waals surface area contributed by atoms with E-state index in [9.17, 15) is 9.18 Å². The molecule has 0 aliphatic heterocycles. The van der Waals surface area contributed by atoms with Gasteiger partial charge in [0, 0.05) is 5.39 Å². The van der Waals surface area contributed by atoms with Crippen molar-refractivity contribution in [3.63, 3.8) is 0 Å². The van der Waals surface area contributed by atoms with Crippen molar-refractivity contribution in [2.75, 3.05) is 19.8 Å². The van der Waals surface area contributed by atoms with Crippen LogP contribution >= 0.6 is 15.9 Å². The van der Waals surface area contributed by atoms with Crippen LogP contribution in [0, 0.1) is 12.7 Å². The summed E-state index contributed by atoms with van der Waals surface area (Å²) < 4.78 is 36.0. The van der Waals surface area contributed by atoms with Gasteiger partial charge in [-0.25, -0.2) is 9.18 Å². The molecule has 0 saturated carbocycles. The quantitative estimate of drug-likeness (QED) is 0.372. The molecule has 0 spiro atoms. The smallest absolute Gasteiger partial charge is 0.342 e. The van der Waals surface area contributed by atoms with Crippen LogP contribution in [0.2, 0.25) is 0 Å². The molecule has 0 aliphatic rings. The highest BCUT2D eigenvalue weighted by Crippen LogP contribution is 2.35. The fraction of sp³-hybridized carbons (Fsp3) is 0.250. The Labute approximate surface area is 164 Å². The number of benzene rings is 2. The standard InChI is InChI=1S/C20H18BrFO5/c1-3-24-20(23)19-12(2)27-17-11-14(21)18(10-13(17)19)26-9-8-25-16-7-5-4-6-15(16)22/h4-7,10-11H,3,8-9H2,1-2H3. The Morgan fingerprint density at radius 2 is 1.85 bits per heavy atom. The predicted octanol–water partition coefficient (Wildman–Crippen LogP) is 5.28. The number of halogens is 2. The Bertz CT molecular complexity index is 966. The van der Waals surface area contributed by atoms with E-state index >= 15 is 0 Å². The molecule has 0 amide bonds. The maximum atomic E-state index is 13.5. The monoisotopic (exact) mass is 436 g/mol. The van der Waals surface area contributed by atoms with Crippen molar-refractivity contribution in [2.45, 2.75) is 13.8 Å². The highest BCUT2D eigenvalue weighted by Gasteiger charge is 2.21. The number of aryl methyl sites for hydroxylation is 1. The normalized spacial score (nSPS) is 10.8. The Balaban J connectivity index is 1.74. The molecule has 1 aromatic heterocycles. The third-order valence-corrected chi connectivity index (χ3v) is 4.45. The summed E-state index contributed by atoms with van der Waals surface area (Å²) in [6.45, 7) is 4.10. The minimum absolute atomic E-state index is 0.167. The van der Waals surface area contributed by atoms with Crippen LogP contribution in [0.3, 0.4) is 0 Å². The molecule has 142 valence electrons. The summed E-state index contributed by atoms with van der Waals surface area (Å²) in [6, 6.07) is 9.63. The van der Waals surface area contributed by atoms with Gasteiger partial charge in [-0.2, -0.15) is 0 Å². The minimum Gasteiger partial charge on any atom is -0.489 e. The molecular weight excluding hydrogens is 419 g/mol. The van der Waals surface area contributed by atoms with Crippen molar-refractivity contribution in [1.29, 1.82) is 0 Å². The number of carbonyl (C=O) groups excluding carboxylic acids is 1. The lowest BCUT2D eigenvalue weighted by Crippen LogP contribution is -2.10. The first-order valence-electron chi connectivity index (χ1n) is 8.41. The molecule has 27 heavy (non-hydrogen) atoms. The summed E-state index contributed by atoms with van der Waals surface area (Å²) in [5, 5.41) is 0.610. The van der Waals surface area contributed by atoms with Crippen LogP contribution in [0.15, 0.2) is 45.3 Å². The molecule has 5 nitrogen and oxygen atoms in total. The second-order valence-corrected chi connectivity index (χ2v) is 6.51. The molecule has 0 unspecified atom stereocenters. The summed E-state index contributed by atoms with van der Waals surface area (Å²) in [4.78, 5) is 12.2. The van der Waals surface area contributed by atoms with Crippen LogP contribution in [-0.4, -0.2) is 25.8 Å². The average Bonchev–Trinajstić information content (AvgIpc) is 2.95. The van der Waals surface area contributed by atoms with Gasteiger partial charge in [-0.05, 0) is 54.0 Å². The second-order valence-electron chi connectivity index (χ2n) is 5.66. The molecule has 0 aliphatic carbocycles. The summed E-state index contributed by atoms with van der Waals surface area (Å²) in [5.74, 6) is 0.310. The van der Waals surface area contributed by atoms with E-state index < -0.39 is 11.8 Å². The van der Waals surface area contributed by atoms with Gasteiger partial charge >= 0.3 is 5.97 Å². The molecule has 3 rings (SSSR count). The lowest BCUT2D eigenvalue weighted by atomic mass is 10.1. The molecule has 0 bridgehead atoms. The number of hydrogen-bond acceptors (Lipinski definition) is 5. The highest BCUT2D eigenvalue weighted by molar-refractivity contribution is 9.10. The van der Waals surface area contributed by atoms with E-state index in [4.69, 9.17) is 18.6 Å². The van der Waals surface area contributed by atoms with Gasteiger partial charge in [0.25, 0.3) is 0 Å². The Kier molecular flexibility index (Phi) is 6.01. The van der Waals surface area contributed by atoms with Gasteiger partial charge in [-0.15, -0.1) is 0 Å². The lowest BCUT2D eigenvalue weighted by molar-refractivity contribution is 0.0526. The molecule has 0 saturated heterocycles. The Hall–Kier alpha value is -2.54. The number of rotatable bonds is 7. The maximum absolute atomic E-state index is 13.5. The van der Waals surface area contributed by atoms with Gasteiger partial charge in [0.15, 0.2) is 11.6 Å². The van der Waals surface area contributed by atoms with E-state index in [0.29, 0.717) is 32.5 Å². The summed E-state index contributed by atoms with van der Waals surface area (Å²) in [5.41, 5.74) is 0.934. The lowest BCUT2D eigenvalue weighted by Gasteiger charge is -2.10. The van der Waals surface area contributed by atoms with E-state index in [0.717, 1.165) is 0 Å². The molecule has 0 radical (unpaired) electrons. The zero-order valence-corrected chi connectivity index (χ0v) is 16.5. The summed E-state index contributed by atoms with van der Waals surface area (Å²) in [7, 11) is 0. The van der Waals surface area contributed by atoms with Gasteiger partial charge < -0.3 is 18.6 Å². The van der Waals surface area contributed by atoms with Gasteiger partial charge in [0.2, 0.25) is 0 Å². The summed E-state index contributed by atoms with van der Waals surface area (Å²) >= 11 is 3.43. The van der Waals surface area contributed by atoms with E-state index in [-0.39, 0.29) is 25.6 Å². The number of fused-ring (bicyclic) bond motifs is 1. The van der Waals surface area contributed by atoms with Crippen LogP contribution in [0.1, 0.15) is 23.0 Å². The Morgan fingerprint density at radius 3 is 2.56 bits per heavy atom.